The highest BCUT2D eigenvalue weighted by Crippen LogP contribution is 2.49. The Morgan fingerprint density at radius 1 is 0.479 bits per heavy atom. The van der Waals surface area contributed by atoms with E-state index in [4.69, 9.17) is 9.40 Å². The molecule has 0 radical (unpaired) electrons. The average Bonchev–Trinajstić information content (AvgIpc) is 3.90. The quantitative estimate of drug-likeness (QED) is 0.190. The van der Waals surface area contributed by atoms with Crippen LogP contribution in [0.1, 0.15) is 0 Å². The topological polar surface area (TPSA) is 29.3 Å². The fourth-order valence-electron chi connectivity index (χ4n) is 7.47. The highest BCUT2D eigenvalue weighted by molar-refractivity contribution is 7.26. The van der Waals surface area contributed by atoms with E-state index in [0.717, 1.165) is 45.2 Å². The van der Waals surface area contributed by atoms with Crippen molar-refractivity contribution in [2.45, 2.75) is 0 Å². The first kappa shape index (κ1) is 26.3. The molecule has 0 N–H and O–H groups in total. The van der Waals surface area contributed by atoms with Gasteiger partial charge in [-0.2, -0.15) is 0 Å². The summed E-state index contributed by atoms with van der Waals surface area (Å²) in [5.74, 6) is 1.48. The number of anilines is 3. The maximum absolute atomic E-state index is 6.60. The lowest BCUT2D eigenvalue weighted by Gasteiger charge is -2.26. The van der Waals surface area contributed by atoms with Crippen molar-refractivity contribution in [3.63, 3.8) is 0 Å². The van der Waals surface area contributed by atoms with Crippen molar-refractivity contribution in [3.05, 3.63) is 146 Å². The van der Waals surface area contributed by atoms with Gasteiger partial charge in [0, 0.05) is 79.5 Å². The van der Waals surface area contributed by atoms with Crippen LogP contribution < -0.4 is 4.90 Å². The highest BCUT2D eigenvalue weighted by atomic mass is 32.1. The van der Waals surface area contributed by atoms with Gasteiger partial charge in [0.05, 0.1) is 0 Å². The lowest BCUT2D eigenvalue weighted by atomic mass is 10.0. The highest BCUT2D eigenvalue weighted by Gasteiger charge is 2.28. The van der Waals surface area contributed by atoms with Gasteiger partial charge in [-0.05, 0) is 72.1 Å². The molecule has 0 bridgehead atoms. The van der Waals surface area contributed by atoms with E-state index in [1.54, 1.807) is 0 Å². The molecule has 3 nitrogen and oxygen atoms in total. The van der Waals surface area contributed by atoms with Gasteiger partial charge in [0.15, 0.2) is 5.76 Å². The first-order chi connectivity index (χ1) is 23.8. The molecule has 0 spiro atoms. The smallest absolute Gasteiger partial charge is 0.227 e. The van der Waals surface area contributed by atoms with Crippen LogP contribution in [0.2, 0.25) is 0 Å². The Balaban J connectivity index is 1.10. The van der Waals surface area contributed by atoms with Gasteiger partial charge in [-0.1, -0.05) is 78.9 Å². The van der Waals surface area contributed by atoms with Gasteiger partial charge in [-0.25, -0.2) is 4.98 Å². The van der Waals surface area contributed by atoms with Crippen molar-refractivity contribution in [2.75, 3.05) is 4.90 Å². The Bertz CT molecular complexity index is 2760. The molecule has 10 aromatic rings. The molecule has 0 aliphatic heterocycles. The lowest BCUT2D eigenvalue weighted by molar-refractivity contribution is 0.590. The first-order valence-corrected chi connectivity index (χ1v) is 17.7. The van der Waals surface area contributed by atoms with Gasteiger partial charge >= 0.3 is 0 Å². The second-order valence-corrected chi connectivity index (χ2v) is 14.5. The molecule has 3 aromatic heterocycles. The van der Waals surface area contributed by atoms with Crippen molar-refractivity contribution in [1.82, 2.24) is 4.98 Å². The minimum atomic E-state index is 0.631. The number of hydrogen-bond donors (Lipinski definition) is 0. The van der Waals surface area contributed by atoms with Gasteiger partial charge in [0.2, 0.25) is 5.89 Å². The number of fused-ring (bicyclic) bond motifs is 9. The molecular weight excluding hydrogens is 625 g/mol. The molecule has 0 atom stereocenters. The molecule has 3 heterocycles. The average molecular weight is 649 g/mol. The first-order valence-electron chi connectivity index (χ1n) is 16.0. The van der Waals surface area contributed by atoms with Crippen molar-refractivity contribution >= 4 is 90.9 Å². The zero-order chi connectivity index (χ0) is 31.3. The molecule has 7 aromatic carbocycles. The summed E-state index contributed by atoms with van der Waals surface area (Å²) >= 11 is 3.69. The lowest BCUT2D eigenvalue weighted by Crippen LogP contribution is -2.10. The Labute approximate surface area is 283 Å². The third-order valence-corrected chi connectivity index (χ3v) is 11.9. The largest absolute Gasteiger partial charge is 0.435 e. The van der Waals surface area contributed by atoms with Crippen LogP contribution >= 0.6 is 22.7 Å². The minimum absolute atomic E-state index is 0.631. The number of hydrogen-bond acceptors (Lipinski definition) is 5. The molecule has 1 aliphatic carbocycles. The van der Waals surface area contributed by atoms with E-state index in [-0.39, 0.29) is 0 Å². The van der Waals surface area contributed by atoms with E-state index in [2.05, 4.69) is 150 Å². The molecule has 0 saturated carbocycles. The van der Waals surface area contributed by atoms with Crippen molar-refractivity contribution < 1.29 is 4.42 Å². The predicted molar refractivity (Wildman–Crippen MR) is 204 cm³/mol. The molecule has 0 unspecified atom stereocenters. The van der Waals surface area contributed by atoms with Crippen molar-refractivity contribution in [1.29, 1.82) is 0 Å². The summed E-state index contributed by atoms with van der Waals surface area (Å²) < 4.78 is 11.8. The van der Waals surface area contributed by atoms with E-state index in [1.807, 2.05) is 22.7 Å². The Morgan fingerprint density at radius 2 is 1.06 bits per heavy atom. The second kappa shape index (κ2) is 9.88. The molecule has 48 heavy (non-hydrogen) atoms. The molecule has 0 amide bonds. The zero-order valence-electron chi connectivity index (χ0n) is 25.5. The van der Waals surface area contributed by atoms with Crippen LogP contribution in [-0.2, 0) is 0 Å². The van der Waals surface area contributed by atoms with Gasteiger partial charge in [-0.3, -0.25) is 0 Å². The third kappa shape index (κ3) is 3.77. The monoisotopic (exact) mass is 648 g/mol. The summed E-state index contributed by atoms with van der Waals surface area (Å²) in [5.41, 5.74) is 7.38. The number of oxazole rings is 1. The Hall–Kier alpha value is -5.75. The van der Waals surface area contributed by atoms with E-state index < -0.39 is 0 Å². The molecule has 224 valence electrons. The van der Waals surface area contributed by atoms with Crippen molar-refractivity contribution in [2.24, 2.45) is 0 Å². The summed E-state index contributed by atoms with van der Waals surface area (Å²) in [5, 5.41) is 7.55. The van der Waals surface area contributed by atoms with Gasteiger partial charge < -0.3 is 9.32 Å². The Kier molecular flexibility index (Phi) is 5.42. The molecule has 0 saturated heterocycles. The normalized spacial score (nSPS) is 12.2. The Morgan fingerprint density at radius 3 is 1.75 bits per heavy atom. The van der Waals surface area contributed by atoms with Crippen molar-refractivity contribution in [3.8, 4) is 34.0 Å². The number of thiophene rings is 2. The molecular formula is C43H24N2OS2. The summed E-state index contributed by atoms with van der Waals surface area (Å²) in [6.45, 7) is 0. The fraction of sp³-hybridized carbons (Fsp3) is 0. The van der Waals surface area contributed by atoms with Crippen LogP contribution in [0.15, 0.2) is 150 Å². The number of benzene rings is 7. The van der Waals surface area contributed by atoms with Crippen LogP contribution in [0.5, 0.6) is 0 Å². The maximum Gasteiger partial charge on any atom is 0.227 e. The van der Waals surface area contributed by atoms with Crippen LogP contribution in [0.4, 0.5) is 17.1 Å². The number of aromatic nitrogens is 1. The predicted octanol–water partition coefficient (Wildman–Crippen LogP) is 13.3. The second-order valence-electron chi connectivity index (χ2n) is 12.3. The summed E-state index contributed by atoms with van der Waals surface area (Å²) in [7, 11) is 0. The van der Waals surface area contributed by atoms with E-state index >= 15 is 0 Å². The molecule has 1 aliphatic rings. The summed E-state index contributed by atoms with van der Waals surface area (Å²) in [6.07, 6.45) is 0. The summed E-state index contributed by atoms with van der Waals surface area (Å²) in [4.78, 5) is 7.47. The SMILES string of the molecule is c1cc(-c2nc3c(o2)-c2cccc4cccc-3c24)cc(N(c2ccc3sc4ccccc4c3c2)c2ccc3sc4ccccc4c3c2)c1. The summed E-state index contributed by atoms with van der Waals surface area (Å²) in [6, 6.07) is 52.5. The number of nitrogens with zero attached hydrogens (tertiary/aromatic N) is 2. The number of rotatable bonds is 4. The fourth-order valence-corrected chi connectivity index (χ4v) is 9.64. The van der Waals surface area contributed by atoms with E-state index in [0.29, 0.717) is 5.89 Å². The van der Waals surface area contributed by atoms with Gasteiger partial charge in [-0.15, -0.1) is 22.7 Å². The molecule has 5 heteroatoms. The maximum atomic E-state index is 6.60. The zero-order valence-corrected chi connectivity index (χ0v) is 27.1. The van der Waals surface area contributed by atoms with Crippen LogP contribution in [0.3, 0.4) is 0 Å². The van der Waals surface area contributed by atoms with Gasteiger partial charge in [0.25, 0.3) is 0 Å². The third-order valence-electron chi connectivity index (χ3n) is 9.62. The van der Waals surface area contributed by atoms with Crippen LogP contribution in [0.25, 0.3) is 85.2 Å². The van der Waals surface area contributed by atoms with E-state index in [9.17, 15) is 0 Å². The van der Waals surface area contributed by atoms with E-state index in [1.165, 1.54) is 51.1 Å². The minimum Gasteiger partial charge on any atom is -0.435 e. The standard InChI is InChI=1S/C43H24N2OS2/c1-3-16-36-30(12-1)34-23-28(18-20-38(34)47-36)45(29-19-21-39-35(24-29)31-13-2-4-17-37(31)48-39)27-11-5-10-26(22-27)43-44-41-32-14-6-8-25-9-7-15-33(40(25)32)42(41)46-43/h1-24H. The molecule has 11 rings (SSSR count). The van der Waals surface area contributed by atoms with Crippen LogP contribution in [0, 0.1) is 0 Å². The van der Waals surface area contributed by atoms with Gasteiger partial charge in [0.1, 0.15) is 5.69 Å². The van der Waals surface area contributed by atoms with Crippen LogP contribution in [-0.4, -0.2) is 4.98 Å². The molecule has 0 fully saturated rings.